The Kier molecular flexibility index (Phi) is 3.44. The first-order chi connectivity index (χ1) is 9.11. The lowest BCUT2D eigenvalue weighted by Gasteiger charge is -2.32. The van der Waals surface area contributed by atoms with E-state index in [-0.39, 0.29) is 5.82 Å². The zero-order chi connectivity index (χ0) is 13.4. The van der Waals surface area contributed by atoms with Crippen LogP contribution >= 0.6 is 11.3 Å². The Morgan fingerprint density at radius 1 is 1.26 bits per heavy atom. The lowest BCUT2D eigenvalue weighted by Crippen LogP contribution is -2.30. The summed E-state index contributed by atoms with van der Waals surface area (Å²) in [6, 6.07) is 5.29. The van der Waals surface area contributed by atoms with E-state index in [0.29, 0.717) is 6.04 Å². The predicted octanol–water partition coefficient (Wildman–Crippen LogP) is 4.67. The summed E-state index contributed by atoms with van der Waals surface area (Å²) in [6.45, 7) is 4.66. The molecule has 2 nitrogen and oxygen atoms in total. The molecule has 1 heterocycles. The first-order valence-corrected chi connectivity index (χ1v) is 7.76. The Morgan fingerprint density at radius 3 is 2.89 bits per heavy atom. The molecule has 1 aromatic heterocycles. The average molecular weight is 278 g/mol. The van der Waals surface area contributed by atoms with E-state index in [2.05, 4.69) is 24.1 Å². The largest absolute Gasteiger partial charge is 0.359 e. The van der Waals surface area contributed by atoms with Gasteiger partial charge in [0.15, 0.2) is 5.13 Å². The van der Waals surface area contributed by atoms with Gasteiger partial charge in [0.05, 0.1) is 10.2 Å². The van der Waals surface area contributed by atoms with Gasteiger partial charge in [-0.1, -0.05) is 25.2 Å². The van der Waals surface area contributed by atoms with Gasteiger partial charge in [0.1, 0.15) is 5.82 Å². The Morgan fingerprint density at radius 2 is 2.11 bits per heavy atom. The maximum Gasteiger partial charge on any atom is 0.184 e. The van der Waals surface area contributed by atoms with Gasteiger partial charge in [-0.3, -0.25) is 0 Å². The minimum absolute atomic E-state index is 0.192. The molecule has 0 amide bonds. The molecule has 4 heteroatoms. The molecule has 1 saturated carbocycles. The highest BCUT2D eigenvalue weighted by atomic mass is 32.1. The van der Waals surface area contributed by atoms with E-state index in [1.54, 1.807) is 23.5 Å². The van der Waals surface area contributed by atoms with Crippen molar-refractivity contribution < 1.29 is 4.39 Å². The third-order valence-corrected chi connectivity index (χ3v) is 5.23. The van der Waals surface area contributed by atoms with Crippen molar-refractivity contribution in [2.45, 2.75) is 39.2 Å². The van der Waals surface area contributed by atoms with Crippen LogP contribution in [0.4, 0.5) is 9.52 Å². The van der Waals surface area contributed by atoms with Crippen LogP contribution in [0.1, 0.15) is 33.1 Å². The normalized spacial score (nSPS) is 27.6. The fourth-order valence-corrected chi connectivity index (χ4v) is 3.78. The summed E-state index contributed by atoms with van der Waals surface area (Å²) >= 11 is 1.54. The molecule has 0 radical (unpaired) electrons. The van der Waals surface area contributed by atoms with Gasteiger partial charge in [0, 0.05) is 6.04 Å². The van der Waals surface area contributed by atoms with Crippen LogP contribution < -0.4 is 5.32 Å². The van der Waals surface area contributed by atoms with Crippen molar-refractivity contribution in [3.05, 3.63) is 24.0 Å². The number of hydrogen-bond acceptors (Lipinski definition) is 3. The summed E-state index contributed by atoms with van der Waals surface area (Å²) in [7, 11) is 0. The third kappa shape index (κ3) is 2.73. The molecule has 1 aromatic carbocycles. The molecule has 0 saturated heterocycles. The lowest BCUT2D eigenvalue weighted by atomic mass is 9.79. The van der Waals surface area contributed by atoms with Gasteiger partial charge in [0.25, 0.3) is 0 Å². The van der Waals surface area contributed by atoms with Crippen LogP contribution in [-0.2, 0) is 0 Å². The van der Waals surface area contributed by atoms with E-state index in [1.165, 1.54) is 25.3 Å². The van der Waals surface area contributed by atoms with Crippen LogP contribution in [0, 0.1) is 17.7 Å². The quantitative estimate of drug-likeness (QED) is 0.863. The van der Waals surface area contributed by atoms with E-state index < -0.39 is 0 Å². The summed E-state index contributed by atoms with van der Waals surface area (Å²) in [4.78, 5) is 4.53. The Bertz CT molecular complexity index is 581. The molecule has 0 bridgehead atoms. The molecule has 3 unspecified atom stereocenters. The number of benzene rings is 1. The number of nitrogens with one attached hydrogen (secondary N) is 1. The molecule has 1 aliphatic carbocycles. The Labute approximate surface area is 117 Å². The highest BCUT2D eigenvalue weighted by molar-refractivity contribution is 7.22. The first-order valence-electron chi connectivity index (χ1n) is 6.94. The number of nitrogens with zero attached hydrogens (tertiary/aromatic N) is 1. The number of fused-ring (bicyclic) bond motifs is 1. The molecular formula is C15H19FN2S. The molecule has 0 spiro atoms. The molecule has 1 N–H and O–H groups in total. The van der Waals surface area contributed by atoms with Crippen LogP contribution in [0.15, 0.2) is 18.2 Å². The monoisotopic (exact) mass is 278 g/mol. The van der Waals surface area contributed by atoms with Crippen molar-refractivity contribution in [3.63, 3.8) is 0 Å². The van der Waals surface area contributed by atoms with Gasteiger partial charge in [-0.2, -0.15) is 0 Å². The summed E-state index contributed by atoms with van der Waals surface area (Å²) < 4.78 is 14.1. The molecule has 3 rings (SSSR count). The van der Waals surface area contributed by atoms with Crippen LogP contribution in [0.25, 0.3) is 10.2 Å². The number of halogens is 1. The number of rotatable bonds is 2. The number of hydrogen-bond donors (Lipinski definition) is 1. The van der Waals surface area contributed by atoms with Gasteiger partial charge in [-0.05, 0) is 49.3 Å². The highest BCUT2D eigenvalue weighted by Crippen LogP contribution is 2.33. The third-order valence-electron chi connectivity index (χ3n) is 4.28. The van der Waals surface area contributed by atoms with E-state index in [0.717, 1.165) is 27.2 Å². The molecule has 19 heavy (non-hydrogen) atoms. The SMILES string of the molecule is CC1CCC(Nc2nc3ccc(F)cc3s2)CC1C. The molecule has 3 atom stereocenters. The lowest BCUT2D eigenvalue weighted by molar-refractivity contribution is 0.261. The molecule has 102 valence electrons. The molecule has 0 aliphatic heterocycles. The Balaban J connectivity index is 1.74. The van der Waals surface area contributed by atoms with Crippen molar-refractivity contribution in [1.82, 2.24) is 4.98 Å². The van der Waals surface area contributed by atoms with Gasteiger partial charge < -0.3 is 5.32 Å². The average Bonchev–Trinajstić information content (AvgIpc) is 2.75. The first kappa shape index (κ1) is 12.9. The van der Waals surface area contributed by atoms with Crippen LogP contribution in [0.2, 0.25) is 0 Å². The fraction of sp³-hybridized carbons (Fsp3) is 0.533. The fourth-order valence-electron chi connectivity index (χ4n) is 2.81. The molecule has 1 fully saturated rings. The van der Waals surface area contributed by atoms with E-state index in [4.69, 9.17) is 0 Å². The maximum atomic E-state index is 13.2. The van der Waals surface area contributed by atoms with Crippen LogP contribution in [0.3, 0.4) is 0 Å². The van der Waals surface area contributed by atoms with E-state index in [9.17, 15) is 4.39 Å². The van der Waals surface area contributed by atoms with Gasteiger partial charge in [-0.25, -0.2) is 9.37 Å². The number of thiazole rings is 1. The van der Waals surface area contributed by atoms with Crippen molar-refractivity contribution in [3.8, 4) is 0 Å². The Hall–Kier alpha value is -1.16. The summed E-state index contributed by atoms with van der Waals surface area (Å²) in [5, 5.41) is 4.45. The van der Waals surface area contributed by atoms with Crippen molar-refractivity contribution >= 4 is 26.7 Å². The standard InChI is InChI=1S/C15H19FN2S/c1-9-3-5-12(7-10(9)2)17-15-18-13-6-4-11(16)8-14(13)19-15/h4,6,8-10,12H,3,5,7H2,1-2H3,(H,17,18). The van der Waals surface area contributed by atoms with Gasteiger partial charge in [-0.15, -0.1) is 0 Å². The second kappa shape index (κ2) is 5.08. The summed E-state index contributed by atoms with van der Waals surface area (Å²) in [5.41, 5.74) is 0.881. The van der Waals surface area contributed by atoms with Crippen molar-refractivity contribution in [2.24, 2.45) is 11.8 Å². The van der Waals surface area contributed by atoms with Crippen molar-refractivity contribution in [2.75, 3.05) is 5.32 Å². The van der Waals surface area contributed by atoms with Gasteiger partial charge >= 0.3 is 0 Å². The highest BCUT2D eigenvalue weighted by Gasteiger charge is 2.24. The second-order valence-electron chi connectivity index (χ2n) is 5.74. The topological polar surface area (TPSA) is 24.9 Å². The molecule has 2 aromatic rings. The second-order valence-corrected chi connectivity index (χ2v) is 6.77. The van der Waals surface area contributed by atoms with Crippen LogP contribution in [0.5, 0.6) is 0 Å². The maximum absolute atomic E-state index is 13.2. The summed E-state index contributed by atoms with van der Waals surface area (Å²) in [5.74, 6) is 1.39. The van der Waals surface area contributed by atoms with E-state index >= 15 is 0 Å². The van der Waals surface area contributed by atoms with Crippen molar-refractivity contribution in [1.29, 1.82) is 0 Å². The molecule has 1 aliphatic rings. The van der Waals surface area contributed by atoms with E-state index in [1.807, 2.05) is 0 Å². The smallest absolute Gasteiger partial charge is 0.184 e. The molecular weight excluding hydrogens is 259 g/mol. The number of anilines is 1. The predicted molar refractivity (Wildman–Crippen MR) is 79.2 cm³/mol. The summed E-state index contributed by atoms with van der Waals surface area (Å²) in [6.07, 6.45) is 3.68. The minimum Gasteiger partial charge on any atom is -0.359 e. The zero-order valence-corrected chi connectivity index (χ0v) is 12.1. The minimum atomic E-state index is -0.192. The number of aromatic nitrogens is 1. The zero-order valence-electron chi connectivity index (χ0n) is 11.3. The van der Waals surface area contributed by atoms with Crippen LogP contribution in [-0.4, -0.2) is 11.0 Å². The van der Waals surface area contributed by atoms with Gasteiger partial charge in [0.2, 0.25) is 0 Å².